The highest BCUT2D eigenvalue weighted by Gasteiger charge is 2.37. The molecule has 2 aliphatic rings. The molecule has 2 aromatic carbocycles. The van der Waals surface area contributed by atoms with E-state index in [1.165, 1.54) is 0 Å². The number of pyridine rings is 1. The lowest BCUT2D eigenvalue weighted by molar-refractivity contribution is -0.140. The van der Waals surface area contributed by atoms with Crippen LogP contribution in [-0.4, -0.2) is 58.4 Å². The van der Waals surface area contributed by atoms with Crippen LogP contribution in [0.1, 0.15) is 29.3 Å². The first kappa shape index (κ1) is 24.1. The van der Waals surface area contributed by atoms with E-state index < -0.39 is 6.04 Å². The molecule has 2 saturated heterocycles. The molecule has 0 radical (unpaired) electrons. The van der Waals surface area contributed by atoms with Crippen LogP contribution in [0.3, 0.4) is 0 Å². The van der Waals surface area contributed by atoms with Gasteiger partial charge >= 0.3 is 0 Å². The molecule has 0 bridgehead atoms. The van der Waals surface area contributed by atoms with Gasteiger partial charge in [-0.25, -0.2) is 10.9 Å². The first-order valence-electron chi connectivity index (χ1n) is 12.3. The van der Waals surface area contributed by atoms with Crippen molar-refractivity contribution < 1.29 is 14.3 Å². The van der Waals surface area contributed by atoms with Crippen molar-refractivity contribution >= 4 is 11.8 Å². The number of nitrogens with zero attached hydrogens (tertiary/aromatic N) is 3. The number of benzene rings is 2. The average Bonchev–Trinajstić information content (AvgIpc) is 3.36. The average molecular weight is 486 g/mol. The normalized spacial score (nSPS) is 22.4. The number of hydrogen-bond donors (Lipinski definition) is 2. The molecule has 186 valence electrons. The van der Waals surface area contributed by atoms with Gasteiger partial charge in [0, 0.05) is 31.9 Å². The van der Waals surface area contributed by atoms with Crippen LogP contribution in [0.5, 0.6) is 0 Å². The minimum atomic E-state index is -0.417. The Kier molecular flexibility index (Phi) is 7.66. The van der Waals surface area contributed by atoms with Crippen LogP contribution in [0.4, 0.5) is 0 Å². The van der Waals surface area contributed by atoms with E-state index in [2.05, 4.69) is 15.8 Å². The molecule has 0 aliphatic carbocycles. The Bertz CT molecular complexity index is 1150. The third kappa shape index (κ3) is 5.96. The van der Waals surface area contributed by atoms with Gasteiger partial charge in [-0.15, -0.1) is 0 Å². The summed E-state index contributed by atoms with van der Waals surface area (Å²) in [6.07, 6.45) is 2.01. The molecule has 1 aromatic heterocycles. The fourth-order valence-corrected chi connectivity index (χ4v) is 4.74. The van der Waals surface area contributed by atoms with E-state index >= 15 is 0 Å². The van der Waals surface area contributed by atoms with Gasteiger partial charge in [-0.3, -0.25) is 14.6 Å². The van der Waals surface area contributed by atoms with Gasteiger partial charge in [0.15, 0.2) is 0 Å². The standard InChI is InChI=1S/C28H31N5O3/c34-27-19-33(28(35)26-15-25(30-31-26)22-11-5-2-6-12-22)18-24(36-20-23-13-7-8-14-29-23)17-32(27)16-21-9-3-1-4-10-21/h1-14,24-26,30-31H,15-20H2. The zero-order valence-electron chi connectivity index (χ0n) is 20.1. The van der Waals surface area contributed by atoms with E-state index in [0.717, 1.165) is 16.8 Å². The smallest absolute Gasteiger partial charge is 0.242 e. The maximum Gasteiger partial charge on any atom is 0.242 e. The molecule has 3 atom stereocenters. The van der Waals surface area contributed by atoms with Gasteiger partial charge in [0.2, 0.25) is 11.8 Å². The monoisotopic (exact) mass is 485 g/mol. The number of carbonyl (C=O) groups is 2. The number of carbonyl (C=O) groups excluding carboxylic acids is 2. The first-order valence-corrected chi connectivity index (χ1v) is 12.3. The highest BCUT2D eigenvalue weighted by Crippen LogP contribution is 2.24. The van der Waals surface area contributed by atoms with Crippen LogP contribution in [-0.2, 0) is 27.5 Å². The van der Waals surface area contributed by atoms with Crippen molar-refractivity contribution in [3.8, 4) is 0 Å². The molecule has 0 saturated carbocycles. The molecule has 8 nitrogen and oxygen atoms in total. The topological polar surface area (TPSA) is 86.8 Å². The molecule has 2 fully saturated rings. The van der Waals surface area contributed by atoms with E-state index in [1.807, 2.05) is 78.9 Å². The molecule has 8 heteroatoms. The molecule has 2 amide bonds. The predicted molar refractivity (Wildman–Crippen MR) is 135 cm³/mol. The maximum atomic E-state index is 13.5. The summed E-state index contributed by atoms with van der Waals surface area (Å²) in [6, 6.07) is 25.2. The van der Waals surface area contributed by atoms with E-state index in [1.54, 1.807) is 16.0 Å². The number of hydrogen-bond acceptors (Lipinski definition) is 6. The molecule has 2 aliphatic heterocycles. The number of hydrazine groups is 1. The summed E-state index contributed by atoms with van der Waals surface area (Å²) in [5.41, 5.74) is 9.36. The zero-order chi connectivity index (χ0) is 24.7. The van der Waals surface area contributed by atoms with Gasteiger partial charge in [-0.2, -0.15) is 0 Å². The lowest BCUT2D eigenvalue weighted by Crippen LogP contribution is -2.49. The number of aromatic nitrogens is 1. The van der Waals surface area contributed by atoms with Crippen molar-refractivity contribution in [1.29, 1.82) is 0 Å². The summed E-state index contributed by atoms with van der Waals surface area (Å²) >= 11 is 0. The maximum absolute atomic E-state index is 13.5. The second kappa shape index (κ2) is 11.4. The van der Waals surface area contributed by atoms with Gasteiger partial charge in [-0.05, 0) is 29.7 Å². The van der Waals surface area contributed by atoms with Crippen molar-refractivity contribution in [1.82, 2.24) is 25.6 Å². The minimum Gasteiger partial charge on any atom is -0.368 e. The Labute approximate surface area is 211 Å². The summed E-state index contributed by atoms with van der Waals surface area (Å²) in [5, 5.41) is 0. The van der Waals surface area contributed by atoms with Gasteiger partial charge in [0.1, 0.15) is 6.04 Å². The quantitative estimate of drug-likeness (QED) is 0.535. The summed E-state index contributed by atoms with van der Waals surface area (Å²) in [4.78, 5) is 34.6. The van der Waals surface area contributed by atoms with E-state index in [9.17, 15) is 9.59 Å². The zero-order valence-corrected chi connectivity index (χ0v) is 20.1. The van der Waals surface area contributed by atoms with Crippen LogP contribution in [0.25, 0.3) is 0 Å². The van der Waals surface area contributed by atoms with E-state index in [0.29, 0.717) is 32.7 Å². The Balaban J connectivity index is 1.29. The molecule has 3 unspecified atom stereocenters. The van der Waals surface area contributed by atoms with Crippen LogP contribution >= 0.6 is 0 Å². The molecular formula is C28H31N5O3. The number of amides is 2. The Morgan fingerprint density at radius 1 is 0.944 bits per heavy atom. The van der Waals surface area contributed by atoms with E-state index in [4.69, 9.17) is 4.74 Å². The summed E-state index contributed by atoms with van der Waals surface area (Å²) in [5.74, 6) is -0.177. The number of rotatable bonds is 7. The van der Waals surface area contributed by atoms with Crippen LogP contribution in [0.2, 0.25) is 0 Å². The highest BCUT2D eigenvalue weighted by atomic mass is 16.5. The fourth-order valence-electron chi connectivity index (χ4n) is 4.74. The third-order valence-electron chi connectivity index (χ3n) is 6.65. The van der Waals surface area contributed by atoms with E-state index in [-0.39, 0.29) is 30.5 Å². The second-order valence-electron chi connectivity index (χ2n) is 9.27. The van der Waals surface area contributed by atoms with Gasteiger partial charge < -0.3 is 14.5 Å². The second-order valence-corrected chi connectivity index (χ2v) is 9.27. The molecule has 3 aromatic rings. The highest BCUT2D eigenvalue weighted by molar-refractivity contribution is 5.88. The molecule has 0 spiro atoms. The lowest BCUT2D eigenvalue weighted by atomic mass is 10.0. The van der Waals surface area contributed by atoms with Crippen LogP contribution in [0.15, 0.2) is 85.1 Å². The molecule has 5 rings (SSSR count). The Hall–Kier alpha value is -3.59. The fraction of sp³-hybridized carbons (Fsp3) is 0.321. The number of ether oxygens (including phenoxy) is 1. The van der Waals surface area contributed by atoms with Gasteiger partial charge in [-0.1, -0.05) is 66.7 Å². The van der Waals surface area contributed by atoms with Crippen molar-refractivity contribution in [2.75, 3.05) is 19.6 Å². The van der Waals surface area contributed by atoms with Crippen molar-refractivity contribution in [2.24, 2.45) is 0 Å². The van der Waals surface area contributed by atoms with Gasteiger partial charge in [0.05, 0.1) is 24.9 Å². The predicted octanol–water partition coefficient (Wildman–Crippen LogP) is 2.45. The summed E-state index contributed by atoms with van der Waals surface area (Å²) in [7, 11) is 0. The lowest BCUT2D eigenvalue weighted by Gasteiger charge is -2.26. The van der Waals surface area contributed by atoms with Crippen molar-refractivity contribution in [3.05, 3.63) is 102 Å². The minimum absolute atomic E-state index is 0.0310. The Morgan fingerprint density at radius 2 is 1.69 bits per heavy atom. The Morgan fingerprint density at radius 3 is 2.44 bits per heavy atom. The first-order chi connectivity index (χ1) is 17.7. The van der Waals surface area contributed by atoms with Crippen molar-refractivity contribution in [3.63, 3.8) is 0 Å². The summed E-state index contributed by atoms with van der Waals surface area (Å²) in [6.45, 7) is 1.58. The molecular weight excluding hydrogens is 454 g/mol. The van der Waals surface area contributed by atoms with Crippen molar-refractivity contribution in [2.45, 2.75) is 37.8 Å². The number of nitrogens with one attached hydrogen (secondary N) is 2. The van der Waals surface area contributed by atoms with Crippen LogP contribution < -0.4 is 10.9 Å². The molecule has 36 heavy (non-hydrogen) atoms. The summed E-state index contributed by atoms with van der Waals surface area (Å²) < 4.78 is 6.21. The SMILES string of the molecule is O=C1CN(C(=O)C2CC(c3ccccc3)NN2)CC(OCc2ccccn2)CN1Cc1ccccc1. The van der Waals surface area contributed by atoms with Crippen LogP contribution in [0, 0.1) is 0 Å². The third-order valence-corrected chi connectivity index (χ3v) is 6.65. The van der Waals surface area contributed by atoms with Gasteiger partial charge in [0.25, 0.3) is 0 Å². The molecule has 3 heterocycles. The largest absolute Gasteiger partial charge is 0.368 e. The molecule has 2 N–H and O–H groups in total.